The Balaban J connectivity index is 1.58. The van der Waals surface area contributed by atoms with Crippen LogP contribution in [0.1, 0.15) is 36.6 Å². The lowest BCUT2D eigenvalue weighted by atomic mass is 9.65. The molecule has 30 heavy (non-hydrogen) atoms. The zero-order chi connectivity index (χ0) is 20.9. The molecule has 0 saturated carbocycles. The summed E-state index contributed by atoms with van der Waals surface area (Å²) in [6, 6.07) is 20.9. The summed E-state index contributed by atoms with van der Waals surface area (Å²) in [5.41, 5.74) is 6.75. The lowest BCUT2D eigenvalue weighted by Gasteiger charge is -2.48. The maximum atomic E-state index is 9.31. The molecule has 0 aromatic heterocycles. The minimum Gasteiger partial charge on any atom is -0.496 e. The molecule has 4 nitrogen and oxygen atoms in total. The normalized spacial score (nSPS) is 20.8. The van der Waals surface area contributed by atoms with Gasteiger partial charge >= 0.3 is 0 Å². The van der Waals surface area contributed by atoms with E-state index in [0.717, 1.165) is 33.9 Å². The number of methoxy groups -OCH3 is 1. The van der Waals surface area contributed by atoms with E-state index in [0.29, 0.717) is 6.61 Å². The van der Waals surface area contributed by atoms with E-state index in [1.807, 2.05) is 30.3 Å². The monoisotopic (exact) mass is 401 g/mol. The summed E-state index contributed by atoms with van der Waals surface area (Å²) in [6.45, 7) is 5.36. The number of anilines is 1. The second kappa shape index (κ2) is 7.06. The molecule has 0 radical (unpaired) electrons. The Bertz CT molecular complexity index is 1070. The molecule has 4 heteroatoms. The van der Waals surface area contributed by atoms with E-state index < -0.39 is 0 Å². The van der Waals surface area contributed by atoms with Crippen LogP contribution < -0.4 is 14.8 Å². The van der Waals surface area contributed by atoms with Crippen LogP contribution in [0.5, 0.6) is 11.5 Å². The smallest absolute Gasteiger partial charge is 0.128 e. The standard InChI is InChI=1S/C26H27NO3/c1-26(2)19-13-18(17-9-7-16(14-28)8-10-17)11-12-21(19)27-25-20(26)15-30-23-6-4-5-22(29-3)24(23)25/h4-13,20,25,27-28H,14-15H2,1-3H3/t20-,25+/m1/s1. The summed E-state index contributed by atoms with van der Waals surface area (Å²) in [6.07, 6.45) is 0. The van der Waals surface area contributed by atoms with E-state index >= 15 is 0 Å². The molecule has 0 spiro atoms. The summed E-state index contributed by atoms with van der Waals surface area (Å²) in [4.78, 5) is 0. The number of hydrogen-bond donors (Lipinski definition) is 2. The number of fused-ring (bicyclic) bond motifs is 4. The van der Waals surface area contributed by atoms with Crippen LogP contribution in [0.25, 0.3) is 11.1 Å². The van der Waals surface area contributed by atoms with Crippen molar-refractivity contribution in [1.82, 2.24) is 0 Å². The first-order valence-electron chi connectivity index (χ1n) is 10.4. The predicted molar refractivity (Wildman–Crippen MR) is 119 cm³/mol. The Morgan fingerprint density at radius 3 is 2.57 bits per heavy atom. The zero-order valence-electron chi connectivity index (χ0n) is 17.6. The summed E-state index contributed by atoms with van der Waals surface area (Å²) in [5.74, 6) is 2.05. The van der Waals surface area contributed by atoms with Gasteiger partial charge in [-0.2, -0.15) is 0 Å². The van der Waals surface area contributed by atoms with Crippen molar-refractivity contribution < 1.29 is 14.6 Å². The molecule has 3 aromatic rings. The molecule has 0 aliphatic carbocycles. The van der Waals surface area contributed by atoms with Crippen LogP contribution in [-0.4, -0.2) is 18.8 Å². The minimum atomic E-state index is -0.0785. The van der Waals surface area contributed by atoms with Gasteiger partial charge in [-0.1, -0.05) is 50.2 Å². The minimum absolute atomic E-state index is 0.0649. The topological polar surface area (TPSA) is 50.7 Å². The molecular formula is C26H27NO3. The van der Waals surface area contributed by atoms with E-state index in [1.54, 1.807) is 7.11 Å². The van der Waals surface area contributed by atoms with Crippen LogP contribution in [-0.2, 0) is 12.0 Å². The molecular weight excluding hydrogens is 374 g/mol. The molecule has 154 valence electrons. The number of aliphatic hydroxyl groups is 1. The first-order valence-corrected chi connectivity index (χ1v) is 10.4. The fourth-order valence-corrected chi connectivity index (χ4v) is 4.96. The van der Waals surface area contributed by atoms with Crippen molar-refractivity contribution in [2.24, 2.45) is 5.92 Å². The molecule has 3 aromatic carbocycles. The molecule has 2 aliphatic heterocycles. The third-order valence-electron chi connectivity index (χ3n) is 6.80. The van der Waals surface area contributed by atoms with Gasteiger partial charge in [-0.25, -0.2) is 0 Å². The number of hydrogen-bond acceptors (Lipinski definition) is 4. The summed E-state index contributed by atoms with van der Waals surface area (Å²) in [5, 5.41) is 13.1. The average molecular weight is 402 g/mol. The summed E-state index contributed by atoms with van der Waals surface area (Å²) >= 11 is 0. The summed E-state index contributed by atoms with van der Waals surface area (Å²) < 4.78 is 11.9. The molecule has 0 amide bonds. The highest BCUT2D eigenvalue weighted by Gasteiger charge is 2.47. The Morgan fingerprint density at radius 2 is 1.83 bits per heavy atom. The largest absolute Gasteiger partial charge is 0.496 e. The highest BCUT2D eigenvalue weighted by atomic mass is 16.5. The van der Waals surface area contributed by atoms with Gasteiger partial charge in [0.2, 0.25) is 0 Å². The van der Waals surface area contributed by atoms with Crippen molar-refractivity contribution in [2.45, 2.75) is 31.9 Å². The first-order chi connectivity index (χ1) is 14.5. The first kappa shape index (κ1) is 19.0. The predicted octanol–water partition coefficient (Wildman–Crippen LogP) is 5.31. The second-order valence-electron chi connectivity index (χ2n) is 8.75. The van der Waals surface area contributed by atoms with Crippen molar-refractivity contribution in [2.75, 3.05) is 19.0 Å². The molecule has 0 fully saturated rings. The number of ether oxygens (including phenoxy) is 2. The molecule has 0 bridgehead atoms. The van der Waals surface area contributed by atoms with Crippen LogP contribution in [0.3, 0.4) is 0 Å². The zero-order valence-corrected chi connectivity index (χ0v) is 17.6. The van der Waals surface area contributed by atoms with E-state index in [4.69, 9.17) is 9.47 Å². The third-order valence-corrected chi connectivity index (χ3v) is 6.80. The van der Waals surface area contributed by atoms with Crippen molar-refractivity contribution in [3.63, 3.8) is 0 Å². The molecule has 0 unspecified atom stereocenters. The van der Waals surface area contributed by atoms with Gasteiger partial charge in [0.1, 0.15) is 11.5 Å². The maximum absolute atomic E-state index is 9.31. The van der Waals surface area contributed by atoms with E-state index in [1.165, 1.54) is 11.1 Å². The van der Waals surface area contributed by atoms with Gasteiger partial charge in [-0.3, -0.25) is 0 Å². The molecule has 5 rings (SSSR count). The Kier molecular flexibility index (Phi) is 4.48. The van der Waals surface area contributed by atoms with Crippen molar-refractivity contribution in [1.29, 1.82) is 0 Å². The fraction of sp³-hybridized carbons (Fsp3) is 0.308. The lowest BCUT2D eigenvalue weighted by Crippen LogP contribution is -2.46. The molecule has 2 N–H and O–H groups in total. The van der Waals surface area contributed by atoms with Crippen LogP contribution in [0, 0.1) is 5.92 Å². The highest BCUT2D eigenvalue weighted by Crippen LogP contribution is 2.54. The average Bonchev–Trinajstić information content (AvgIpc) is 2.78. The van der Waals surface area contributed by atoms with Gasteiger partial charge in [0.25, 0.3) is 0 Å². The van der Waals surface area contributed by atoms with Crippen molar-refractivity contribution >= 4 is 5.69 Å². The van der Waals surface area contributed by atoms with Gasteiger partial charge in [-0.05, 0) is 46.5 Å². The third kappa shape index (κ3) is 2.86. The van der Waals surface area contributed by atoms with Crippen molar-refractivity contribution in [3.8, 4) is 22.6 Å². The van der Waals surface area contributed by atoms with Crippen LogP contribution in [0.15, 0.2) is 60.7 Å². The SMILES string of the molecule is COc1cccc2c1[C@H]1Nc3ccc(-c4ccc(CO)cc4)cc3C(C)(C)[C@@H]1CO2. The lowest BCUT2D eigenvalue weighted by molar-refractivity contribution is 0.133. The van der Waals surface area contributed by atoms with E-state index in [-0.39, 0.29) is 24.0 Å². The van der Waals surface area contributed by atoms with Gasteiger partial charge in [0.15, 0.2) is 0 Å². The van der Waals surface area contributed by atoms with Gasteiger partial charge in [0.05, 0.1) is 31.9 Å². The van der Waals surface area contributed by atoms with Gasteiger partial charge in [-0.15, -0.1) is 0 Å². The highest BCUT2D eigenvalue weighted by molar-refractivity contribution is 5.72. The Morgan fingerprint density at radius 1 is 1.07 bits per heavy atom. The number of rotatable bonds is 3. The Labute approximate surface area is 177 Å². The van der Waals surface area contributed by atoms with E-state index in [2.05, 4.69) is 49.5 Å². The number of aliphatic hydroxyl groups excluding tert-OH is 1. The summed E-state index contributed by atoms with van der Waals surface area (Å²) in [7, 11) is 1.72. The number of benzene rings is 3. The molecule has 0 saturated heterocycles. The fourth-order valence-electron chi connectivity index (χ4n) is 4.96. The molecule has 2 atom stereocenters. The molecule has 2 heterocycles. The van der Waals surface area contributed by atoms with Gasteiger partial charge < -0.3 is 19.9 Å². The van der Waals surface area contributed by atoms with Crippen LogP contribution >= 0.6 is 0 Å². The van der Waals surface area contributed by atoms with Crippen LogP contribution in [0.4, 0.5) is 5.69 Å². The Hall–Kier alpha value is -2.98. The number of nitrogens with one attached hydrogen (secondary N) is 1. The van der Waals surface area contributed by atoms with Crippen LogP contribution in [0.2, 0.25) is 0 Å². The quantitative estimate of drug-likeness (QED) is 0.625. The maximum Gasteiger partial charge on any atom is 0.128 e. The molecule has 2 aliphatic rings. The van der Waals surface area contributed by atoms with Crippen molar-refractivity contribution in [3.05, 3.63) is 77.4 Å². The van der Waals surface area contributed by atoms with Gasteiger partial charge in [0, 0.05) is 17.0 Å². The second-order valence-corrected chi connectivity index (χ2v) is 8.75. The van der Waals surface area contributed by atoms with E-state index in [9.17, 15) is 5.11 Å².